The Balaban J connectivity index is 1.68. The van der Waals surface area contributed by atoms with Gasteiger partial charge in [-0.05, 0) is 55.5 Å². The van der Waals surface area contributed by atoms with Crippen LogP contribution >= 0.6 is 10.5 Å². The number of nitrogens with zero attached hydrogens (tertiary/aromatic N) is 2. The minimum atomic E-state index is -1.41. The third-order valence-electron chi connectivity index (χ3n) is 9.49. The molecule has 210 valence electrons. The van der Waals surface area contributed by atoms with Crippen molar-refractivity contribution in [3.05, 3.63) is 58.7 Å². The maximum Gasteiger partial charge on any atom is 0.343 e. The monoisotopic (exact) mass is 569 g/mol. The highest BCUT2D eigenvalue weighted by Crippen LogP contribution is 2.58. The van der Waals surface area contributed by atoms with E-state index in [0.717, 1.165) is 66.1 Å². The molecular weight excluding hydrogens is 538 g/mol. The summed E-state index contributed by atoms with van der Waals surface area (Å²) in [6.45, 7) is 4.43. The molecule has 41 heavy (non-hydrogen) atoms. The lowest BCUT2D eigenvalue weighted by Gasteiger charge is -2.40. The predicted octanol–water partition coefficient (Wildman–Crippen LogP) is 5.45. The fourth-order valence-corrected chi connectivity index (χ4v) is 8.62. The largest absolute Gasteiger partial charge is 0.467 e. The Morgan fingerprint density at radius 1 is 1.15 bits per heavy atom. The van der Waals surface area contributed by atoms with Crippen molar-refractivity contribution in [3.63, 3.8) is 0 Å². The minimum Gasteiger partial charge on any atom is -0.467 e. The van der Waals surface area contributed by atoms with E-state index >= 15 is 0 Å². The van der Waals surface area contributed by atoms with Crippen molar-refractivity contribution in [3.8, 4) is 0 Å². The Labute approximate surface area is 239 Å². The number of rotatable bonds is 4. The number of aromatic nitrogens is 2. The number of ether oxygens (including phenoxy) is 3. The Morgan fingerprint density at radius 3 is 2.63 bits per heavy atom. The van der Waals surface area contributed by atoms with Gasteiger partial charge in [-0.1, -0.05) is 23.6 Å². The van der Waals surface area contributed by atoms with Crippen LogP contribution in [0.5, 0.6) is 0 Å². The number of amides is 1. The number of fused-ring (bicyclic) bond motifs is 13. The van der Waals surface area contributed by atoms with Crippen LogP contribution in [0.1, 0.15) is 46.6 Å². The molecule has 4 atom stereocenters. The summed E-state index contributed by atoms with van der Waals surface area (Å²) in [5, 5.41) is 7.08. The van der Waals surface area contributed by atoms with Gasteiger partial charge >= 0.3 is 5.97 Å². The highest BCUT2D eigenvalue weighted by atomic mass is 32.2. The molecule has 1 fully saturated rings. The number of hydrogen-bond donors (Lipinski definition) is 1. The molecule has 2 bridgehead atoms. The van der Waals surface area contributed by atoms with Crippen molar-refractivity contribution in [1.82, 2.24) is 14.5 Å². The van der Waals surface area contributed by atoms with Gasteiger partial charge in [-0.3, -0.25) is 4.79 Å². The van der Waals surface area contributed by atoms with E-state index in [0.29, 0.717) is 6.54 Å². The average Bonchev–Trinajstić information content (AvgIpc) is 3.64. The first-order valence-electron chi connectivity index (χ1n) is 13.7. The number of carbonyl (C=O) groups excluding carboxylic acids is 2. The zero-order valence-corrected chi connectivity index (χ0v) is 24.5. The van der Waals surface area contributed by atoms with Crippen molar-refractivity contribution in [2.24, 2.45) is 0 Å². The lowest BCUT2D eigenvalue weighted by molar-refractivity contribution is -0.210. The molecule has 2 aromatic heterocycles. The number of carbonyl (C=O) groups is 2. The lowest BCUT2D eigenvalue weighted by Crippen LogP contribution is -2.57. The van der Waals surface area contributed by atoms with Crippen LogP contribution in [0.25, 0.3) is 43.6 Å². The first kappa shape index (κ1) is 25.1. The van der Waals surface area contributed by atoms with Gasteiger partial charge in [-0.15, -0.1) is 0 Å². The summed E-state index contributed by atoms with van der Waals surface area (Å²) < 4.78 is 22.9. The van der Waals surface area contributed by atoms with Gasteiger partial charge < -0.3 is 28.7 Å². The molecule has 3 aliphatic heterocycles. The molecule has 9 heteroatoms. The summed E-state index contributed by atoms with van der Waals surface area (Å²) in [5.74, 6) is 4.55. The number of benzene rings is 3. The van der Waals surface area contributed by atoms with Gasteiger partial charge in [0.15, 0.2) is 5.72 Å². The van der Waals surface area contributed by atoms with Crippen LogP contribution in [0, 0.1) is 6.92 Å². The molecule has 1 amide bonds. The van der Waals surface area contributed by atoms with Gasteiger partial charge in [0.05, 0.1) is 34.7 Å². The van der Waals surface area contributed by atoms with E-state index in [1.807, 2.05) is 6.92 Å². The number of aryl methyl sites for hydroxylation is 1. The molecule has 1 saturated heterocycles. The van der Waals surface area contributed by atoms with Crippen molar-refractivity contribution < 1.29 is 23.8 Å². The van der Waals surface area contributed by atoms with Crippen LogP contribution in [-0.4, -0.2) is 53.0 Å². The van der Waals surface area contributed by atoms with E-state index in [9.17, 15) is 9.59 Å². The maximum atomic E-state index is 13.7. The topological polar surface area (TPSA) is 83.7 Å². The lowest BCUT2D eigenvalue weighted by atomic mass is 9.88. The van der Waals surface area contributed by atoms with Crippen molar-refractivity contribution >= 4 is 71.8 Å². The normalized spacial score (nSPS) is 25.4. The molecule has 4 unspecified atom stereocenters. The van der Waals surface area contributed by atoms with Crippen molar-refractivity contribution in [2.75, 3.05) is 20.5 Å². The number of nitrogens with one attached hydrogen (secondary N) is 1. The highest BCUT2D eigenvalue weighted by molar-refractivity contribution is 8.12. The molecule has 3 aliphatic rings. The molecule has 1 N–H and O–H groups in total. The third-order valence-corrected chi connectivity index (χ3v) is 10.3. The summed E-state index contributed by atoms with van der Waals surface area (Å²) in [4.78, 5) is 27.3. The second kappa shape index (κ2) is 8.00. The second-order valence-electron chi connectivity index (χ2n) is 11.8. The van der Waals surface area contributed by atoms with Crippen LogP contribution in [0.4, 0.5) is 0 Å². The smallest absolute Gasteiger partial charge is 0.343 e. The minimum absolute atomic E-state index is 0.0355. The average molecular weight is 570 g/mol. The van der Waals surface area contributed by atoms with Gasteiger partial charge in [-0.2, -0.15) is 10.5 Å². The quantitative estimate of drug-likeness (QED) is 0.230. The van der Waals surface area contributed by atoms with E-state index in [4.69, 9.17) is 14.2 Å². The first-order chi connectivity index (χ1) is 19.6. The fraction of sp³-hybridized carbons (Fsp3) is 0.344. The molecule has 5 aromatic rings. The Kier molecular flexibility index (Phi) is 4.89. The third kappa shape index (κ3) is 2.82. The van der Waals surface area contributed by atoms with Crippen LogP contribution in [-0.2, 0) is 37.0 Å². The number of hydrogen-bond acceptors (Lipinski definition) is 5. The van der Waals surface area contributed by atoms with Crippen LogP contribution in [0.3, 0.4) is 0 Å². The summed E-state index contributed by atoms with van der Waals surface area (Å²) >= 11 is 0. The van der Waals surface area contributed by atoms with Crippen molar-refractivity contribution in [2.45, 2.75) is 50.1 Å². The van der Waals surface area contributed by atoms with Crippen LogP contribution < -0.4 is 5.32 Å². The maximum absolute atomic E-state index is 13.7. The highest BCUT2D eigenvalue weighted by Gasteiger charge is 2.67. The second-order valence-corrected chi connectivity index (χ2v) is 13.6. The van der Waals surface area contributed by atoms with Gasteiger partial charge in [-0.25, -0.2) is 4.79 Å². The van der Waals surface area contributed by atoms with E-state index in [1.54, 1.807) is 7.11 Å². The number of methoxy groups -OCH3 is 2. The van der Waals surface area contributed by atoms with E-state index < -0.39 is 23.5 Å². The molecule has 0 radical (unpaired) electrons. The van der Waals surface area contributed by atoms with Gasteiger partial charge in [0.2, 0.25) is 5.60 Å². The molecule has 8 nitrogen and oxygen atoms in total. The molecule has 8 rings (SSSR count). The summed E-state index contributed by atoms with van der Waals surface area (Å²) in [7, 11) is 2.91. The van der Waals surface area contributed by atoms with Crippen molar-refractivity contribution in [1.29, 1.82) is 0 Å². The van der Waals surface area contributed by atoms with Crippen LogP contribution in [0.2, 0.25) is 0 Å². The first-order valence-corrected chi connectivity index (χ1v) is 15.7. The molecule has 0 saturated carbocycles. The SMILES string of the molecule is C=S(C)Cc1ccc2c(c1)c1c3c(c4c5cc(C)ccc5n5c4c1n2C1(C)OC5CC1(OC)C(=O)OC)C(=O)NC3. The Morgan fingerprint density at radius 2 is 1.90 bits per heavy atom. The fourth-order valence-electron chi connectivity index (χ4n) is 7.87. The van der Waals surface area contributed by atoms with Crippen LogP contribution in [0.15, 0.2) is 36.4 Å². The van der Waals surface area contributed by atoms with Gasteiger partial charge in [0, 0.05) is 47.4 Å². The summed E-state index contributed by atoms with van der Waals surface area (Å²) in [6.07, 6.45) is 1.85. The summed E-state index contributed by atoms with van der Waals surface area (Å²) in [5.41, 5.74) is 5.10. The van der Waals surface area contributed by atoms with Gasteiger partial charge in [0.1, 0.15) is 6.23 Å². The standard InChI is InChI=1S/C32H31N3O5S/c1-16-7-9-21-18(11-16)25-26-20(14-33-29(26)36)24-19-12-17(15-41(5)6)8-10-22(19)35-28(24)27(25)34(21)23-13-32(39-4,30(37)38-3)31(35,2)40-23/h7-12,23H,5,13-15H2,1-4,6H3,(H,33,36). The van der Waals surface area contributed by atoms with E-state index in [2.05, 4.69) is 69.9 Å². The molecule has 3 aromatic carbocycles. The molecule has 5 heterocycles. The molecular formula is C32H31N3O5S. The Hall–Kier alpha value is -3.66. The predicted molar refractivity (Wildman–Crippen MR) is 163 cm³/mol. The van der Waals surface area contributed by atoms with E-state index in [-0.39, 0.29) is 22.8 Å². The Bertz CT molecular complexity index is 2070. The summed E-state index contributed by atoms with van der Waals surface area (Å²) in [6, 6.07) is 12.8. The molecule has 0 aliphatic carbocycles. The van der Waals surface area contributed by atoms with E-state index in [1.165, 1.54) is 12.7 Å². The number of esters is 1. The zero-order chi connectivity index (χ0) is 28.6. The van der Waals surface area contributed by atoms with Gasteiger partial charge in [0.25, 0.3) is 5.91 Å². The molecule has 0 spiro atoms. The zero-order valence-electron chi connectivity index (χ0n) is 23.7.